The quantitative estimate of drug-likeness (QED) is 0.496. The molecule has 2 aliphatic rings. The Bertz CT molecular complexity index is 778. The fourth-order valence-corrected chi connectivity index (χ4v) is 4.41. The smallest absolute Gasteiger partial charge is 0.314 e. The third-order valence-corrected chi connectivity index (χ3v) is 6.10. The van der Waals surface area contributed by atoms with E-state index in [0.717, 1.165) is 62.1 Å². The van der Waals surface area contributed by atoms with Crippen molar-refractivity contribution in [3.05, 3.63) is 36.4 Å². The van der Waals surface area contributed by atoms with Crippen LogP contribution in [0.25, 0.3) is 10.8 Å². The van der Waals surface area contributed by atoms with E-state index in [-0.39, 0.29) is 23.8 Å². The number of benzene rings is 2. The van der Waals surface area contributed by atoms with E-state index in [1.807, 2.05) is 36.4 Å². The number of fused-ring (bicyclic) bond motifs is 1. The van der Waals surface area contributed by atoms with Gasteiger partial charge in [-0.1, -0.05) is 50.7 Å². The van der Waals surface area contributed by atoms with E-state index in [1.54, 1.807) is 0 Å². The lowest BCUT2D eigenvalue weighted by Gasteiger charge is -2.20. The van der Waals surface area contributed by atoms with E-state index in [2.05, 4.69) is 0 Å². The number of carbonyl (C=O) groups is 2. The minimum atomic E-state index is -0.126. The summed E-state index contributed by atoms with van der Waals surface area (Å²) in [7, 11) is 0. The molecule has 2 aromatic carbocycles. The zero-order valence-corrected chi connectivity index (χ0v) is 16.3. The Morgan fingerprint density at radius 2 is 1.04 bits per heavy atom. The molecule has 0 N–H and O–H groups in total. The van der Waals surface area contributed by atoms with Gasteiger partial charge in [0, 0.05) is 0 Å². The maximum absolute atomic E-state index is 12.4. The molecular weight excluding hydrogens is 352 g/mol. The second kappa shape index (κ2) is 8.76. The SMILES string of the molecule is O=C(Oc1ccc2ccc(OC(=O)C3CCCCC3)cc2c1)C1CCCCC1. The molecule has 4 nitrogen and oxygen atoms in total. The normalized spacial score (nSPS) is 18.7. The number of ether oxygens (including phenoxy) is 2. The van der Waals surface area contributed by atoms with Gasteiger partial charge in [-0.15, -0.1) is 0 Å². The van der Waals surface area contributed by atoms with Gasteiger partial charge in [0.15, 0.2) is 0 Å². The first-order valence-corrected chi connectivity index (χ1v) is 10.7. The van der Waals surface area contributed by atoms with E-state index in [1.165, 1.54) is 12.8 Å². The van der Waals surface area contributed by atoms with E-state index in [9.17, 15) is 9.59 Å². The van der Waals surface area contributed by atoms with E-state index in [4.69, 9.17) is 9.47 Å². The molecule has 0 amide bonds. The average Bonchev–Trinajstić information content (AvgIpc) is 2.74. The molecule has 28 heavy (non-hydrogen) atoms. The first-order chi connectivity index (χ1) is 13.7. The number of esters is 2. The summed E-state index contributed by atoms with van der Waals surface area (Å²) < 4.78 is 11.3. The Kier molecular flexibility index (Phi) is 5.94. The summed E-state index contributed by atoms with van der Waals surface area (Å²) in [4.78, 5) is 24.8. The molecule has 2 aliphatic carbocycles. The Labute approximate surface area is 166 Å². The summed E-state index contributed by atoms with van der Waals surface area (Å²) in [6.07, 6.45) is 10.5. The summed E-state index contributed by atoms with van der Waals surface area (Å²) in [6, 6.07) is 11.2. The van der Waals surface area contributed by atoms with Crippen molar-refractivity contribution in [1.82, 2.24) is 0 Å². The molecule has 148 valence electrons. The molecule has 2 aromatic rings. The molecule has 4 rings (SSSR count). The van der Waals surface area contributed by atoms with E-state index in [0.29, 0.717) is 11.5 Å². The molecule has 0 atom stereocenters. The molecule has 2 saturated carbocycles. The van der Waals surface area contributed by atoms with Crippen LogP contribution in [0, 0.1) is 11.8 Å². The van der Waals surface area contributed by atoms with Crippen molar-refractivity contribution in [3.63, 3.8) is 0 Å². The lowest BCUT2D eigenvalue weighted by atomic mass is 9.89. The minimum absolute atomic E-state index is 0.0206. The van der Waals surface area contributed by atoms with Crippen molar-refractivity contribution < 1.29 is 19.1 Å². The van der Waals surface area contributed by atoms with Gasteiger partial charge in [-0.05, 0) is 60.7 Å². The first-order valence-electron chi connectivity index (χ1n) is 10.7. The monoisotopic (exact) mass is 380 g/mol. The van der Waals surface area contributed by atoms with Crippen molar-refractivity contribution >= 4 is 22.7 Å². The third-order valence-electron chi connectivity index (χ3n) is 6.10. The topological polar surface area (TPSA) is 52.6 Å². The predicted octanol–water partition coefficient (Wildman–Crippen LogP) is 5.81. The lowest BCUT2D eigenvalue weighted by molar-refractivity contribution is -0.140. The minimum Gasteiger partial charge on any atom is -0.426 e. The van der Waals surface area contributed by atoms with Gasteiger partial charge < -0.3 is 9.47 Å². The fourth-order valence-electron chi connectivity index (χ4n) is 4.41. The van der Waals surface area contributed by atoms with Crippen LogP contribution >= 0.6 is 0 Å². The molecule has 0 radical (unpaired) electrons. The highest BCUT2D eigenvalue weighted by Crippen LogP contribution is 2.30. The Balaban J connectivity index is 1.45. The van der Waals surface area contributed by atoms with E-state index >= 15 is 0 Å². The van der Waals surface area contributed by atoms with Crippen molar-refractivity contribution in [2.24, 2.45) is 11.8 Å². The highest BCUT2D eigenvalue weighted by Gasteiger charge is 2.24. The van der Waals surface area contributed by atoms with Gasteiger partial charge in [0.05, 0.1) is 11.8 Å². The van der Waals surface area contributed by atoms with Crippen LogP contribution in [0.2, 0.25) is 0 Å². The summed E-state index contributed by atoms with van der Waals surface area (Å²) >= 11 is 0. The molecule has 0 aliphatic heterocycles. The van der Waals surface area contributed by atoms with Crippen molar-refractivity contribution in [3.8, 4) is 11.5 Å². The number of rotatable bonds is 4. The van der Waals surface area contributed by atoms with Gasteiger partial charge >= 0.3 is 11.9 Å². The maximum atomic E-state index is 12.4. The van der Waals surface area contributed by atoms with Crippen LogP contribution in [-0.4, -0.2) is 11.9 Å². The fraction of sp³-hybridized carbons (Fsp3) is 0.500. The zero-order valence-electron chi connectivity index (χ0n) is 16.3. The lowest BCUT2D eigenvalue weighted by Crippen LogP contribution is -2.22. The molecule has 0 heterocycles. The standard InChI is InChI=1S/C24H28O4/c25-23(18-7-3-1-4-8-18)27-21-13-11-17-12-14-22(16-20(17)15-21)28-24(26)19-9-5-2-6-10-19/h11-16,18-19H,1-10H2. The van der Waals surface area contributed by atoms with Crippen LogP contribution in [0.5, 0.6) is 11.5 Å². The molecule has 0 saturated heterocycles. The molecule has 0 bridgehead atoms. The highest BCUT2D eigenvalue weighted by molar-refractivity contribution is 5.87. The molecule has 0 aromatic heterocycles. The van der Waals surface area contributed by atoms with Crippen LogP contribution < -0.4 is 9.47 Å². The van der Waals surface area contributed by atoms with Crippen LogP contribution in [-0.2, 0) is 9.59 Å². The highest BCUT2D eigenvalue weighted by atomic mass is 16.5. The average molecular weight is 380 g/mol. The molecule has 0 unspecified atom stereocenters. The second-order valence-corrected chi connectivity index (χ2v) is 8.18. The zero-order chi connectivity index (χ0) is 19.3. The van der Waals surface area contributed by atoms with Crippen LogP contribution in [0.1, 0.15) is 64.2 Å². The van der Waals surface area contributed by atoms with Gasteiger partial charge in [-0.2, -0.15) is 0 Å². The van der Waals surface area contributed by atoms with Crippen LogP contribution in [0.15, 0.2) is 36.4 Å². The molecule has 0 spiro atoms. The summed E-state index contributed by atoms with van der Waals surface area (Å²) in [5.74, 6) is 0.898. The Morgan fingerprint density at radius 1 is 0.607 bits per heavy atom. The van der Waals surface area contributed by atoms with Gasteiger partial charge in [0.1, 0.15) is 11.5 Å². The Hall–Kier alpha value is -2.36. The largest absolute Gasteiger partial charge is 0.426 e. The van der Waals surface area contributed by atoms with Crippen molar-refractivity contribution in [1.29, 1.82) is 0 Å². The second-order valence-electron chi connectivity index (χ2n) is 8.18. The van der Waals surface area contributed by atoms with E-state index < -0.39 is 0 Å². The third kappa shape index (κ3) is 4.54. The van der Waals surface area contributed by atoms with Gasteiger partial charge in [0.2, 0.25) is 0 Å². The number of hydrogen-bond acceptors (Lipinski definition) is 4. The maximum Gasteiger partial charge on any atom is 0.314 e. The van der Waals surface area contributed by atoms with Gasteiger partial charge in [-0.25, -0.2) is 0 Å². The molecular formula is C24H28O4. The van der Waals surface area contributed by atoms with Crippen LogP contribution in [0.3, 0.4) is 0 Å². The number of hydrogen-bond donors (Lipinski definition) is 0. The summed E-state index contributed by atoms with van der Waals surface area (Å²) in [5, 5.41) is 1.93. The van der Waals surface area contributed by atoms with Crippen molar-refractivity contribution in [2.75, 3.05) is 0 Å². The van der Waals surface area contributed by atoms with Gasteiger partial charge in [-0.3, -0.25) is 9.59 Å². The predicted molar refractivity (Wildman–Crippen MR) is 108 cm³/mol. The van der Waals surface area contributed by atoms with Crippen molar-refractivity contribution in [2.45, 2.75) is 64.2 Å². The molecule has 4 heteroatoms. The Morgan fingerprint density at radius 3 is 1.46 bits per heavy atom. The number of carbonyl (C=O) groups excluding carboxylic acids is 2. The molecule has 2 fully saturated rings. The van der Waals surface area contributed by atoms with Gasteiger partial charge in [0.25, 0.3) is 0 Å². The first kappa shape index (κ1) is 19.0. The summed E-state index contributed by atoms with van der Waals surface area (Å²) in [6.45, 7) is 0. The van der Waals surface area contributed by atoms with Crippen LogP contribution in [0.4, 0.5) is 0 Å². The summed E-state index contributed by atoms with van der Waals surface area (Å²) in [5.41, 5.74) is 0.